The highest BCUT2D eigenvalue weighted by atomic mass is 35.5. The van der Waals surface area contributed by atoms with Crippen molar-refractivity contribution in [3.63, 3.8) is 0 Å². The number of likely N-dealkylation sites (N-methyl/N-ethyl adjacent to an activating group) is 1. The quantitative estimate of drug-likeness (QED) is 0.187. The lowest BCUT2D eigenvalue weighted by atomic mass is 10.0. The van der Waals surface area contributed by atoms with Crippen molar-refractivity contribution in [2.45, 2.75) is 44.7 Å². The maximum Gasteiger partial charge on any atom is 0.264 e. The zero-order valence-electron chi connectivity index (χ0n) is 24.8. The van der Waals surface area contributed by atoms with E-state index in [0.717, 1.165) is 15.4 Å². The second-order valence-corrected chi connectivity index (χ2v) is 13.0. The van der Waals surface area contributed by atoms with Crippen molar-refractivity contribution in [3.05, 3.63) is 129 Å². The first kappa shape index (κ1) is 33.1. The van der Waals surface area contributed by atoms with E-state index in [0.29, 0.717) is 33.4 Å². The third kappa shape index (κ3) is 7.62. The van der Waals surface area contributed by atoms with Gasteiger partial charge in [-0.15, -0.1) is 0 Å². The van der Waals surface area contributed by atoms with Crippen LogP contribution in [0.2, 0.25) is 10.0 Å². The molecule has 0 fully saturated rings. The molecule has 0 aliphatic carbocycles. The Bertz CT molecular complexity index is 1700. The van der Waals surface area contributed by atoms with Gasteiger partial charge in [-0.05, 0) is 67.8 Å². The summed E-state index contributed by atoms with van der Waals surface area (Å²) in [5.74, 6) is -0.967. The molecular formula is C34H35Cl2N3O4S. The first-order valence-corrected chi connectivity index (χ1v) is 16.4. The average Bonchev–Trinajstić information content (AvgIpc) is 3.01. The molecule has 10 heteroatoms. The molecule has 0 aliphatic rings. The second kappa shape index (κ2) is 14.8. The molecule has 0 radical (unpaired) electrons. The van der Waals surface area contributed by atoms with Gasteiger partial charge in [-0.3, -0.25) is 13.9 Å². The summed E-state index contributed by atoms with van der Waals surface area (Å²) >= 11 is 13.1. The maximum atomic E-state index is 14.5. The third-order valence-electron chi connectivity index (χ3n) is 7.47. The Morgan fingerprint density at radius 2 is 1.41 bits per heavy atom. The highest BCUT2D eigenvalue weighted by molar-refractivity contribution is 7.92. The van der Waals surface area contributed by atoms with Crippen molar-refractivity contribution in [3.8, 4) is 0 Å². The van der Waals surface area contributed by atoms with Gasteiger partial charge in [0.15, 0.2) is 0 Å². The molecule has 0 aliphatic heterocycles. The zero-order valence-corrected chi connectivity index (χ0v) is 27.2. The van der Waals surface area contributed by atoms with Crippen molar-refractivity contribution < 1.29 is 18.0 Å². The van der Waals surface area contributed by atoms with Gasteiger partial charge in [0.05, 0.1) is 10.6 Å². The van der Waals surface area contributed by atoms with E-state index in [-0.39, 0.29) is 23.8 Å². The van der Waals surface area contributed by atoms with Crippen molar-refractivity contribution in [2.24, 2.45) is 0 Å². The lowest BCUT2D eigenvalue weighted by molar-refractivity contribution is -0.140. The molecule has 1 N–H and O–H groups in total. The second-order valence-electron chi connectivity index (χ2n) is 10.4. The molecule has 0 unspecified atom stereocenters. The van der Waals surface area contributed by atoms with Crippen LogP contribution in [0.3, 0.4) is 0 Å². The molecule has 0 bridgehead atoms. The van der Waals surface area contributed by atoms with Gasteiger partial charge < -0.3 is 10.2 Å². The Hall–Kier alpha value is -3.85. The van der Waals surface area contributed by atoms with Gasteiger partial charge in [0.2, 0.25) is 11.8 Å². The minimum atomic E-state index is -4.19. The molecule has 0 aromatic heterocycles. The lowest BCUT2D eigenvalue weighted by Gasteiger charge is -2.34. The monoisotopic (exact) mass is 651 g/mol. The predicted molar refractivity (Wildman–Crippen MR) is 177 cm³/mol. The number of halogens is 2. The van der Waals surface area contributed by atoms with Crippen LogP contribution in [0, 0.1) is 13.8 Å². The van der Waals surface area contributed by atoms with E-state index in [4.69, 9.17) is 23.2 Å². The average molecular weight is 653 g/mol. The smallest absolute Gasteiger partial charge is 0.264 e. The maximum absolute atomic E-state index is 14.5. The minimum absolute atomic E-state index is 0.0407. The Balaban J connectivity index is 1.85. The summed E-state index contributed by atoms with van der Waals surface area (Å²) in [6.45, 7) is 5.16. The predicted octanol–water partition coefficient (Wildman–Crippen LogP) is 6.58. The first-order valence-electron chi connectivity index (χ1n) is 14.2. The van der Waals surface area contributed by atoms with Crippen LogP contribution in [0.15, 0.2) is 102 Å². The highest BCUT2D eigenvalue weighted by Crippen LogP contribution is 2.31. The number of nitrogens with one attached hydrogen (secondary N) is 1. The number of amides is 2. The van der Waals surface area contributed by atoms with Gasteiger partial charge in [0.1, 0.15) is 12.6 Å². The minimum Gasteiger partial charge on any atom is -0.355 e. The Kier molecular flexibility index (Phi) is 11.1. The Morgan fingerprint density at radius 1 is 0.818 bits per heavy atom. The molecule has 230 valence electrons. The van der Waals surface area contributed by atoms with Gasteiger partial charge >= 0.3 is 0 Å². The number of carbonyl (C=O) groups is 2. The number of nitrogens with zero attached hydrogens (tertiary/aromatic N) is 2. The summed E-state index contributed by atoms with van der Waals surface area (Å²) in [6, 6.07) is 26.6. The number of carbonyl (C=O) groups excluding carboxylic acids is 2. The van der Waals surface area contributed by atoms with Crippen LogP contribution in [-0.4, -0.2) is 44.3 Å². The summed E-state index contributed by atoms with van der Waals surface area (Å²) in [7, 11) is -4.19. The van der Waals surface area contributed by atoms with Crippen LogP contribution in [0.5, 0.6) is 0 Å². The number of anilines is 1. The molecule has 4 aromatic rings. The zero-order chi connectivity index (χ0) is 31.9. The number of rotatable bonds is 12. The fourth-order valence-corrected chi connectivity index (χ4v) is 6.95. The Morgan fingerprint density at radius 3 is 2.02 bits per heavy atom. The number of hydrogen-bond donors (Lipinski definition) is 1. The SMILES string of the molecule is CCNC(=O)[C@H](Cc1ccccc1)N(Cc1c(Cl)cccc1Cl)C(=O)CN(c1cccc(C)c1C)S(=O)(=O)c1ccccc1. The third-order valence-corrected chi connectivity index (χ3v) is 9.95. The van der Waals surface area contributed by atoms with E-state index >= 15 is 0 Å². The fraction of sp³-hybridized carbons (Fsp3) is 0.235. The summed E-state index contributed by atoms with van der Waals surface area (Å²) < 4.78 is 29.4. The number of benzene rings is 4. The molecule has 0 saturated carbocycles. The fourth-order valence-electron chi connectivity index (χ4n) is 4.94. The molecule has 44 heavy (non-hydrogen) atoms. The van der Waals surface area contributed by atoms with Crippen LogP contribution in [0.4, 0.5) is 5.69 Å². The lowest BCUT2D eigenvalue weighted by Crippen LogP contribution is -2.53. The van der Waals surface area contributed by atoms with E-state index in [1.807, 2.05) is 50.2 Å². The van der Waals surface area contributed by atoms with Crippen LogP contribution in [-0.2, 0) is 32.6 Å². The molecular weight excluding hydrogens is 617 g/mol. The Labute approximate surface area is 269 Å². The number of hydrogen-bond acceptors (Lipinski definition) is 4. The molecule has 4 aromatic carbocycles. The van der Waals surface area contributed by atoms with Gasteiger partial charge in [-0.25, -0.2) is 8.42 Å². The molecule has 0 heterocycles. The van der Waals surface area contributed by atoms with Crippen LogP contribution >= 0.6 is 23.2 Å². The molecule has 2 amide bonds. The van der Waals surface area contributed by atoms with Crippen molar-refractivity contribution in [2.75, 3.05) is 17.4 Å². The van der Waals surface area contributed by atoms with Gasteiger partial charge in [-0.1, -0.05) is 89.9 Å². The van der Waals surface area contributed by atoms with E-state index in [2.05, 4.69) is 5.32 Å². The summed E-state index contributed by atoms with van der Waals surface area (Å²) in [4.78, 5) is 29.6. The van der Waals surface area contributed by atoms with Crippen molar-refractivity contribution in [1.29, 1.82) is 0 Å². The first-order chi connectivity index (χ1) is 21.0. The molecule has 0 saturated heterocycles. The van der Waals surface area contributed by atoms with E-state index in [9.17, 15) is 18.0 Å². The summed E-state index contributed by atoms with van der Waals surface area (Å²) in [5.41, 5.74) is 3.23. The van der Waals surface area contributed by atoms with Gasteiger partial charge in [0.25, 0.3) is 10.0 Å². The standard InChI is InChI=1S/C34H35Cl2N3O4S/c1-4-37-34(41)32(21-26-14-7-5-8-15-26)38(22-28-29(35)18-12-19-30(28)36)33(40)23-39(31-20-11-13-24(2)25(31)3)44(42,43)27-16-9-6-10-17-27/h5-20,32H,4,21-23H2,1-3H3,(H,37,41)/t32-/m0/s1. The number of sulfonamides is 1. The van der Waals surface area contributed by atoms with E-state index in [1.54, 1.807) is 55.5 Å². The van der Waals surface area contributed by atoms with E-state index in [1.165, 1.54) is 17.0 Å². The van der Waals surface area contributed by atoms with E-state index < -0.39 is 28.5 Å². The summed E-state index contributed by atoms with van der Waals surface area (Å²) in [5, 5.41) is 3.50. The molecule has 4 rings (SSSR count). The van der Waals surface area contributed by atoms with Crippen LogP contribution < -0.4 is 9.62 Å². The van der Waals surface area contributed by atoms with Crippen LogP contribution in [0.1, 0.15) is 29.2 Å². The highest BCUT2D eigenvalue weighted by Gasteiger charge is 2.35. The van der Waals surface area contributed by atoms with Crippen molar-refractivity contribution in [1.82, 2.24) is 10.2 Å². The summed E-state index contributed by atoms with van der Waals surface area (Å²) in [6.07, 6.45) is 0.190. The molecule has 7 nitrogen and oxygen atoms in total. The largest absolute Gasteiger partial charge is 0.355 e. The van der Waals surface area contributed by atoms with Gasteiger partial charge in [-0.2, -0.15) is 0 Å². The van der Waals surface area contributed by atoms with Crippen molar-refractivity contribution >= 4 is 50.7 Å². The van der Waals surface area contributed by atoms with Gasteiger partial charge in [0, 0.05) is 35.1 Å². The number of aryl methyl sites for hydroxylation is 1. The molecule has 0 spiro atoms. The normalized spacial score (nSPS) is 11.9. The molecule has 1 atom stereocenters. The topological polar surface area (TPSA) is 86.8 Å². The van der Waals surface area contributed by atoms with Crippen LogP contribution in [0.25, 0.3) is 0 Å².